The number of aromatic nitrogens is 4. The highest BCUT2D eigenvalue weighted by Crippen LogP contribution is 2.33. The van der Waals surface area contributed by atoms with E-state index in [1.54, 1.807) is 12.3 Å². The molecular formula is C15H11N5O2. The van der Waals surface area contributed by atoms with Gasteiger partial charge in [0, 0.05) is 24.0 Å². The van der Waals surface area contributed by atoms with Gasteiger partial charge in [0.1, 0.15) is 11.5 Å². The smallest absolute Gasteiger partial charge is 0.282 e. The molecule has 22 heavy (non-hydrogen) atoms. The lowest BCUT2D eigenvalue weighted by molar-refractivity contribution is 0.0929. The van der Waals surface area contributed by atoms with Crippen LogP contribution in [0.5, 0.6) is 0 Å². The van der Waals surface area contributed by atoms with Gasteiger partial charge in [-0.05, 0) is 30.7 Å². The monoisotopic (exact) mass is 293 g/mol. The zero-order chi connectivity index (χ0) is 15.3. The molecule has 1 aliphatic heterocycles. The molecule has 1 amide bonds. The van der Waals surface area contributed by atoms with Crippen molar-refractivity contribution in [2.45, 2.75) is 13.2 Å². The minimum absolute atomic E-state index is 0.147. The van der Waals surface area contributed by atoms with Crippen molar-refractivity contribution in [3.05, 3.63) is 53.7 Å². The minimum Gasteiger partial charge on any atom is -0.367 e. The van der Waals surface area contributed by atoms with Crippen molar-refractivity contribution in [1.82, 2.24) is 19.9 Å². The van der Waals surface area contributed by atoms with Gasteiger partial charge in [0.05, 0.1) is 0 Å². The number of amides is 1. The molecule has 0 saturated heterocycles. The maximum Gasteiger partial charge on any atom is 0.282 e. The summed E-state index contributed by atoms with van der Waals surface area (Å²) < 4.78 is 0. The number of aliphatic hydroxyl groups is 1. The maximum atomic E-state index is 12.4. The van der Waals surface area contributed by atoms with Crippen LogP contribution in [0.1, 0.15) is 28.0 Å². The highest BCUT2D eigenvalue weighted by molar-refractivity contribution is 6.08. The molecule has 1 atom stereocenters. The van der Waals surface area contributed by atoms with E-state index in [-0.39, 0.29) is 11.4 Å². The summed E-state index contributed by atoms with van der Waals surface area (Å²) in [5.74, 6) is -0.0991. The van der Waals surface area contributed by atoms with Gasteiger partial charge in [-0.3, -0.25) is 14.7 Å². The lowest BCUT2D eigenvalue weighted by atomic mass is 10.2. The Hall–Kier alpha value is -2.93. The average molecular weight is 293 g/mol. The molecule has 1 unspecified atom stereocenters. The Morgan fingerprint density at radius 3 is 2.73 bits per heavy atom. The zero-order valence-electron chi connectivity index (χ0n) is 11.6. The van der Waals surface area contributed by atoms with Crippen LogP contribution in [0.3, 0.4) is 0 Å². The fourth-order valence-electron chi connectivity index (χ4n) is 2.57. The van der Waals surface area contributed by atoms with E-state index in [2.05, 4.69) is 19.9 Å². The summed E-state index contributed by atoms with van der Waals surface area (Å²) in [4.78, 5) is 30.2. The van der Waals surface area contributed by atoms with E-state index in [4.69, 9.17) is 0 Å². The van der Waals surface area contributed by atoms with Crippen molar-refractivity contribution in [1.29, 1.82) is 0 Å². The van der Waals surface area contributed by atoms with Crippen LogP contribution in [0.15, 0.2) is 36.8 Å². The summed E-state index contributed by atoms with van der Waals surface area (Å²) in [5.41, 5.74) is 1.96. The predicted octanol–water partition coefficient (Wildman–Crippen LogP) is 1.38. The summed E-state index contributed by atoms with van der Waals surface area (Å²) >= 11 is 0. The second-order valence-corrected chi connectivity index (χ2v) is 5.01. The van der Waals surface area contributed by atoms with Crippen LogP contribution in [-0.4, -0.2) is 30.9 Å². The first kappa shape index (κ1) is 12.8. The van der Waals surface area contributed by atoms with Crippen LogP contribution in [0.25, 0.3) is 11.0 Å². The summed E-state index contributed by atoms with van der Waals surface area (Å²) in [7, 11) is 0. The van der Waals surface area contributed by atoms with Gasteiger partial charge in [0.2, 0.25) is 0 Å². The van der Waals surface area contributed by atoms with Crippen LogP contribution in [0, 0.1) is 6.92 Å². The lowest BCUT2D eigenvalue weighted by Gasteiger charge is -2.19. The molecule has 0 aromatic carbocycles. The Bertz CT molecular complexity index is 911. The molecule has 4 rings (SSSR count). The van der Waals surface area contributed by atoms with E-state index in [0.717, 1.165) is 10.9 Å². The van der Waals surface area contributed by atoms with Crippen molar-refractivity contribution in [2.75, 3.05) is 4.90 Å². The largest absolute Gasteiger partial charge is 0.367 e. The van der Waals surface area contributed by atoms with E-state index >= 15 is 0 Å². The molecule has 108 valence electrons. The second kappa shape index (κ2) is 4.54. The standard InChI is InChI=1S/C15H11N5O2/c1-8-4-5-18-13-9(8)2-3-10(19-13)20-14(21)11-12(15(20)22)17-7-6-16-11/h2-7,14,21H,1H3. The SMILES string of the molecule is Cc1ccnc2nc(N3C(=O)c4nccnc4C3O)ccc12. The number of hydrogen-bond donors (Lipinski definition) is 1. The first-order valence-electron chi connectivity index (χ1n) is 6.72. The maximum absolute atomic E-state index is 12.4. The normalized spacial score (nSPS) is 17.1. The van der Waals surface area contributed by atoms with Crippen molar-refractivity contribution in [3.8, 4) is 0 Å². The number of aryl methyl sites for hydroxylation is 1. The van der Waals surface area contributed by atoms with Gasteiger partial charge < -0.3 is 5.11 Å². The van der Waals surface area contributed by atoms with Crippen LogP contribution < -0.4 is 4.90 Å². The van der Waals surface area contributed by atoms with E-state index in [9.17, 15) is 9.90 Å². The third-order valence-electron chi connectivity index (χ3n) is 3.69. The molecule has 1 aliphatic rings. The van der Waals surface area contributed by atoms with Gasteiger partial charge >= 0.3 is 0 Å². The van der Waals surface area contributed by atoms with Gasteiger partial charge in [-0.2, -0.15) is 0 Å². The Balaban J connectivity index is 1.85. The molecule has 0 radical (unpaired) electrons. The molecule has 7 heteroatoms. The Kier molecular flexibility index (Phi) is 2.64. The predicted molar refractivity (Wildman–Crippen MR) is 78.1 cm³/mol. The quantitative estimate of drug-likeness (QED) is 0.728. The molecule has 3 aromatic heterocycles. The number of carbonyl (C=O) groups is 1. The molecule has 1 N–H and O–H groups in total. The van der Waals surface area contributed by atoms with Crippen LogP contribution in [-0.2, 0) is 0 Å². The van der Waals surface area contributed by atoms with E-state index in [0.29, 0.717) is 11.5 Å². The lowest BCUT2D eigenvalue weighted by Crippen LogP contribution is -2.28. The number of aliphatic hydroxyl groups excluding tert-OH is 1. The van der Waals surface area contributed by atoms with E-state index < -0.39 is 12.1 Å². The minimum atomic E-state index is -1.19. The summed E-state index contributed by atoms with van der Waals surface area (Å²) in [6.45, 7) is 1.96. The summed E-state index contributed by atoms with van der Waals surface area (Å²) in [6.07, 6.45) is 3.34. The highest BCUT2D eigenvalue weighted by atomic mass is 16.3. The zero-order valence-corrected chi connectivity index (χ0v) is 11.6. The highest BCUT2D eigenvalue weighted by Gasteiger charge is 2.39. The molecule has 0 saturated carbocycles. The number of fused-ring (bicyclic) bond motifs is 2. The van der Waals surface area contributed by atoms with Crippen LogP contribution in [0.4, 0.5) is 5.82 Å². The van der Waals surface area contributed by atoms with E-state index in [1.165, 1.54) is 17.3 Å². The van der Waals surface area contributed by atoms with Gasteiger partial charge in [0.15, 0.2) is 17.6 Å². The van der Waals surface area contributed by atoms with E-state index in [1.807, 2.05) is 19.1 Å². The molecule has 7 nitrogen and oxygen atoms in total. The second-order valence-electron chi connectivity index (χ2n) is 5.01. The number of nitrogens with zero attached hydrogens (tertiary/aromatic N) is 5. The number of pyridine rings is 2. The molecule has 0 spiro atoms. The average Bonchev–Trinajstić information content (AvgIpc) is 2.79. The van der Waals surface area contributed by atoms with Crippen LogP contribution >= 0.6 is 0 Å². The Morgan fingerprint density at radius 1 is 1.09 bits per heavy atom. The van der Waals surface area contributed by atoms with Gasteiger partial charge in [-0.1, -0.05) is 0 Å². The molecule has 0 aliphatic carbocycles. The molecule has 3 aromatic rings. The summed E-state index contributed by atoms with van der Waals surface area (Å²) in [6, 6.07) is 5.41. The Morgan fingerprint density at radius 2 is 1.91 bits per heavy atom. The molecule has 0 fully saturated rings. The first-order valence-corrected chi connectivity index (χ1v) is 6.72. The third kappa shape index (κ3) is 1.69. The van der Waals surface area contributed by atoms with Gasteiger partial charge in [-0.25, -0.2) is 15.0 Å². The van der Waals surface area contributed by atoms with Crippen LogP contribution in [0.2, 0.25) is 0 Å². The van der Waals surface area contributed by atoms with Crippen molar-refractivity contribution < 1.29 is 9.90 Å². The van der Waals surface area contributed by atoms with Gasteiger partial charge in [-0.15, -0.1) is 0 Å². The topological polar surface area (TPSA) is 92.1 Å². The van der Waals surface area contributed by atoms with Crippen molar-refractivity contribution in [3.63, 3.8) is 0 Å². The van der Waals surface area contributed by atoms with Gasteiger partial charge in [0.25, 0.3) is 5.91 Å². The van der Waals surface area contributed by atoms with Crippen molar-refractivity contribution in [2.24, 2.45) is 0 Å². The molecular weight excluding hydrogens is 282 g/mol. The fraction of sp³-hybridized carbons (Fsp3) is 0.133. The van der Waals surface area contributed by atoms with Crippen molar-refractivity contribution >= 4 is 22.8 Å². The summed E-state index contributed by atoms with van der Waals surface area (Å²) in [5, 5.41) is 11.2. The molecule has 0 bridgehead atoms. The fourth-order valence-corrected chi connectivity index (χ4v) is 2.57. The number of carbonyl (C=O) groups excluding carboxylic acids is 1. The molecule has 4 heterocycles. The number of hydrogen-bond acceptors (Lipinski definition) is 6. The Labute approximate surface area is 125 Å². The number of anilines is 1. The third-order valence-corrected chi connectivity index (χ3v) is 3.69. The number of rotatable bonds is 1. The first-order chi connectivity index (χ1) is 10.7.